The molecule has 0 N–H and O–H groups in total. The van der Waals surface area contributed by atoms with Crippen LogP contribution in [0.4, 0.5) is 0 Å². The molecule has 3 nitrogen and oxygen atoms in total. The number of halogens is 1. The van der Waals surface area contributed by atoms with Gasteiger partial charge in [-0.1, -0.05) is 0 Å². The van der Waals surface area contributed by atoms with E-state index in [0.29, 0.717) is 5.88 Å². The summed E-state index contributed by atoms with van der Waals surface area (Å²) in [5.74, 6) is 0.521. The van der Waals surface area contributed by atoms with Crippen LogP contribution in [-0.2, 0) is 12.4 Å². The molecule has 0 unspecified atom stereocenters. The molecular weight excluding hydrogens is 174 g/mol. The van der Waals surface area contributed by atoms with Crippen molar-refractivity contribution in [2.45, 2.75) is 19.3 Å². The molecule has 2 aromatic heterocycles. The smallest absolute Gasteiger partial charge is 0.140 e. The molecule has 0 radical (unpaired) electrons. The van der Waals surface area contributed by atoms with Crippen LogP contribution in [-0.4, -0.2) is 14.2 Å². The van der Waals surface area contributed by atoms with Crippen LogP contribution in [0.5, 0.6) is 0 Å². The van der Waals surface area contributed by atoms with Crippen molar-refractivity contribution < 1.29 is 0 Å². The molecule has 0 atom stereocenters. The second-order valence-corrected chi connectivity index (χ2v) is 2.92. The molecule has 12 heavy (non-hydrogen) atoms. The minimum Gasteiger partial charge on any atom is -0.331 e. The Balaban J connectivity index is 2.70. The summed E-state index contributed by atoms with van der Waals surface area (Å²) in [6.07, 6.45) is 5.77. The van der Waals surface area contributed by atoms with Crippen molar-refractivity contribution in [3.8, 4) is 0 Å². The lowest BCUT2D eigenvalue weighted by atomic mass is 10.4. The number of hydrogen-bond donors (Lipinski definition) is 0. The summed E-state index contributed by atoms with van der Waals surface area (Å²) < 4.78 is 3.98. The Bertz CT molecular complexity index is 354. The van der Waals surface area contributed by atoms with Crippen LogP contribution in [0.25, 0.3) is 5.65 Å². The monoisotopic (exact) mass is 183 g/mol. The molecule has 0 aliphatic rings. The van der Waals surface area contributed by atoms with Gasteiger partial charge in [0.25, 0.3) is 0 Å². The van der Waals surface area contributed by atoms with Crippen molar-refractivity contribution in [1.29, 1.82) is 0 Å². The Labute approximate surface area is 75.6 Å². The highest BCUT2D eigenvalue weighted by Gasteiger charge is 2.06. The van der Waals surface area contributed by atoms with Crippen molar-refractivity contribution in [2.75, 3.05) is 0 Å². The lowest BCUT2D eigenvalue weighted by Gasteiger charge is -1.97. The first-order chi connectivity index (χ1) is 5.86. The highest BCUT2D eigenvalue weighted by atomic mass is 35.5. The lowest BCUT2D eigenvalue weighted by Crippen LogP contribution is -1.93. The molecule has 0 fully saturated rings. The van der Waals surface area contributed by atoms with Crippen LogP contribution in [0.1, 0.15) is 12.5 Å². The molecule has 0 spiro atoms. The number of nitrogens with zero attached hydrogens (tertiary/aromatic N) is 3. The van der Waals surface area contributed by atoms with E-state index in [1.807, 2.05) is 23.1 Å². The van der Waals surface area contributed by atoms with Crippen LogP contribution in [0.15, 0.2) is 18.6 Å². The zero-order valence-corrected chi connectivity index (χ0v) is 7.62. The fraction of sp³-hybridized carbons (Fsp3) is 0.375. The van der Waals surface area contributed by atoms with Gasteiger partial charge in [0.2, 0.25) is 0 Å². The van der Waals surface area contributed by atoms with Gasteiger partial charge in [-0.05, 0) is 6.92 Å². The summed E-state index contributed by atoms with van der Waals surface area (Å²) in [6.45, 7) is 3.05. The van der Waals surface area contributed by atoms with E-state index in [1.165, 1.54) is 0 Å². The van der Waals surface area contributed by atoms with Gasteiger partial charge in [0, 0.05) is 24.5 Å². The van der Waals surface area contributed by atoms with Gasteiger partial charge in [0.15, 0.2) is 0 Å². The number of aryl methyl sites for hydroxylation is 1. The second-order valence-electron chi connectivity index (χ2n) is 2.66. The average Bonchev–Trinajstić information content (AvgIpc) is 2.62. The fourth-order valence-corrected chi connectivity index (χ4v) is 1.57. The predicted octanol–water partition coefficient (Wildman–Crippen LogP) is 1.89. The van der Waals surface area contributed by atoms with Gasteiger partial charge >= 0.3 is 0 Å². The maximum atomic E-state index is 5.77. The van der Waals surface area contributed by atoms with E-state index >= 15 is 0 Å². The quantitative estimate of drug-likeness (QED) is 0.652. The Morgan fingerprint density at radius 1 is 1.50 bits per heavy atom. The number of imidazole rings is 1. The lowest BCUT2D eigenvalue weighted by molar-refractivity contribution is 0.786. The van der Waals surface area contributed by atoms with E-state index in [1.54, 1.807) is 0 Å². The molecule has 0 bridgehead atoms. The summed E-state index contributed by atoms with van der Waals surface area (Å²) in [4.78, 5) is 0. The normalized spacial score (nSPS) is 11.2. The highest BCUT2D eigenvalue weighted by molar-refractivity contribution is 6.17. The first-order valence-electron chi connectivity index (χ1n) is 3.94. The first kappa shape index (κ1) is 7.68. The van der Waals surface area contributed by atoms with Crippen LogP contribution >= 0.6 is 11.6 Å². The topological polar surface area (TPSA) is 22.2 Å². The molecule has 2 heterocycles. The Morgan fingerprint density at radius 3 is 3.00 bits per heavy atom. The van der Waals surface area contributed by atoms with Gasteiger partial charge in [-0.25, -0.2) is 4.52 Å². The minimum absolute atomic E-state index is 0.521. The SMILES string of the molecule is CCn1ccn2ncc(CCl)c12. The van der Waals surface area contributed by atoms with E-state index < -0.39 is 0 Å². The second kappa shape index (κ2) is 2.83. The molecule has 0 aliphatic heterocycles. The van der Waals surface area contributed by atoms with E-state index in [0.717, 1.165) is 17.8 Å². The standard InChI is InChI=1S/C8H10ClN3/c1-2-11-3-4-12-8(11)7(5-9)6-10-12/h3-4,6H,2,5H2,1H3. The Morgan fingerprint density at radius 2 is 2.33 bits per heavy atom. The maximum Gasteiger partial charge on any atom is 0.140 e. The number of rotatable bonds is 2. The zero-order valence-electron chi connectivity index (χ0n) is 6.87. The Hall–Kier alpha value is -0.960. The third-order valence-electron chi connectivity index (χ3n) is 1.99. The van der Waals surface area contributed by atoms with Crippen molar-refractivity contribution >= 4 is 17.2 Å². The van der Waals surface area contributed by atoms with Crippen LogP contribution in [0.2, 0.25) is 0 Å². The summed E-state index contributed by atoms with van der Waals surface area (Å²) >= 11 is 5.77. The van der Waals surface area contributed by atoms with Crippen LogP contribution in [0.3, 0.4) is 0 Å². The summed E-state index contributed by atoms with van der Waals surface area (Å²) in [5.41, 5.74) is 2.19. The van der Waals surface area contributed by atoms with Crippen LogP contribution in [0, 0.1) is 0 Å². The maximum absolute atomic E-state index is 5.77. The summed E-state index contributed by atoms with van der Waals surface area (Å²) in [6, 6.07) is 0. The van der Waals surface area contributed by atoms with Gasteiger partial charge in [-0.2, -0.15) is 5.10 Å². The van der Waals surface area contributed by atoms with Crippen molar-refractivity contribution in [2.24, 2.45) is 0 Å². The van der Waals surface area contributed by atoms with Crippen LogP contribution < -0.4 is 0 Å². The van der Waals surface area contributed by atoms with Crippen molar-refractivity contribution in [1.82, 2.24) is 14.2 Å². The molecule has 0 aliphatic carbocycles. The van der Waals surface area contributed by atoms with Gasteiger partial charge in [-0.3, -0.25) is 0 Å². The molecule has 0 amide bonds. The number of alkyl halides is 1. The van der Waals surface area contributed by atoms with Gasteiger partial charge < -0.3 is 4.57 Å². The van der Waals surface area contributed by atoms with E-state index in [4.69, 9.17) is 11.6 Å². The molecule has 4 heteroatoms. The predicted molar refractivity (Wildman–Crippen MR) is 48.4 cm³/mol. The molecule has 0 saturated heterocycles. The molecule has 64 valence electrons. The minimum atomic E-state index is 0.521. The van der Waals surface area contributed by atoms with E-state index in [9.17, 15) is 0 Å². The Kier molecular flexibility index (Phi) is 1.81. The van der Waals surface area contributed by atoms with Gasteiger partial charge in [-0.15, -0.1) is 11.6 Å². The van der Waals surface area contributed by atoms with Gasteiger partial charge in [0.05, 0.1) is 12.1 Å². The number of fused-ring (bicyclic) bond motifs is 1. The largest absolute Gasteiger partial charge is 0.331 e. The molecule has 0 saturated carbocycles. The molecule has 2 aromatic rings. The number of hydrogen-bond acceptors (Lipinski definition) is 1. The summed E-state index contributed by atoms with van der Waals surface area (Å²) in [7, 11) is 0. The molecule has 2 rings (SSSR count). The first-order valence-corrected chi connectivity index (χ1v) is 4.47. The third kappa shape index (κ3) is 0.932. The zero-order chi connectivity index (χ0) is 8.55. The third-order valence-corrected chi connectivity index (χ3v) is 2.27. The van der Waals surface area contributed by atoms with E-state index in [2.05, 4.69) is 16.6 Å². The molecule has 0 aromatic carbocycles. The van der Waals surface area contributed by atoms with Gasteiger partial charge in [0.1, 0.15) is 5.65 Å². The summed E-state index contributed by atoms with van der Waals surface area (Å²) in [5, 5.41) is 4.17. The highest BCUT2D eigenvalue weighted by Crippen LogP contribution is 2.13. The average molecular weight is 184 g/mol. The van der Waals surface area contributed by atoms with E-state index in [-0.39, 0.29) is 0 Å². The van der Waals surface area contributed by atoms with Crippen molar-refractivity contribution in [3.05, 3.63) is 24.2 Å². The molecular formula is C8H10ClN3. The fourth-order valence-electron chi connectivity index (χ4n) is 1.38. The number of aromatic nitrogens is 3. The van der Waals surface area contributed by atoms with Crippen molar-refractivity contribution in [3.63, 3.8) is 0 Å².